The van der Waals surface area contributed by atoms with Gasteiger partial charge in [0.15, 0.2) is 0 Å². The number of aromatic nitrogens is 1. The Kier molecular flexibility index (Phi) is 6.38. The van der Waals surface area contributed by atoms with Crippen LogP contribution in [0.3, 0.4) is 0 Å². The summed E-state index contributed by atoms with van der Waals surface area (Å²) in [7, 11) is 0. The van der Waals surface area contributed by atoms with E-state index >= 15 is 0 Å². The monoisotopic (exact) mass is 391 g/mol. The summed E-state index contributed by atoms with van der Waals surface area (Å²) in [5, 5.41) is 3.86. The molecule has 6 heteroatoms. The van der Waals surface area contributed by atoms with E-state index in [2.05, 4.69) is 10.3 Å². The molecule has 0 unspecified atom stereocenters. The molecule has 1 heterocycles. The Morgan fingerprint density at radius 2 is 1.92 bits per heavy atom. The van der Waals surface area contributed by atoms with E-state index in [9.17, 15) is 4.79 Å². The van der Waals surface area contributed by atoms with E-state index in [1.54, 1.807) is 24.4 Å². The average Bonchev–Trinajstić information content (AvgIpc) is 2.66. The van der Waals surface area contributed by atoms with Crippen molar-refractivity contribution in [1.29, 1.82) is 0 Å². The maximum absolute atomic E-state index is 13.1. The fourth-order valence-corrected chi connectivity index (χ4v) is 3.84. The molecule has 0 radical (unpaired) electrons. The number of amides is 2. The van der Waals surface area contributed by atoms with E-state index in [1.807, 2.05) is 30.0 Å². The summed E-state index contributed by atoms with van der Waals surface area (Å²) in [5.41, 5.74) is 1.53. The summed E-state index contributed by atoms with van der Waals surface area (Å²) in [6, 6.07) is 10.9. The number of rotatable bonds is 4. The normalized spacial score (nSPS) is 16.1. The number of halogens is 2. The van der Waals surface area contributed by atoms with Crippen molar-refractivity contribution in [3.05, 3.63) is 58.3 Å². The minimum atomic E-state index is -0.131. The van der Waals surface area contributed by atoms with Gasteiger partial charge in [-0.25, -0.2) is 4.79 Å². The number of nitrogens with zero attached hydrogens (tertiary/aromatic N) is 2. The molecular formula is C20H23Cl2N3O. The van der Waals surface area contributed by atoms with E-state index in [0.29, 0.717) is 15.7 Å². The van der Waals surface area contributed by atoms with Gasteiger partial charge in [0.2, 0.25) is 0 Å². The Labute approximate surface area is 164 Å². The SMILES string of the molecule is C[C@H](c1ccccn1)N(C(=O)Nc1ccc(Cl)c(Cl)c1)C1CCCCC1. The highest BCUT2D eigenvalue weighted by Gasteiger charge is 2.31. The van der Waals surface area contributed by atoms with E-state index < -0.39 is 0 Å². The molecule has 1 aliphatic carbocycles. The van der Waals surface area contributed by atoms with E-state index in [-0.39, 0.29) is 18.1 Å². The third-order valence-corrected chi connectivity index (χ3v) is 5.65. The van der Waals surface area contributed by atoms with Gasteiger partial charge >= 0.3 is 6.03 Å². The van der Waals surface area contributed by atoms with Gasteiger partial charge in [0, 0.05) is 17.9 Å². The summed E-state index contributed by atoms with van der Waals surface area (Å²) < 4.78 is 0. The van der Waals surface area contributed by atoms with E-state index in [0.717, 1.165) is 31.4 Å². The van der Waals surface area contributed by atoms with Gasteiger partial charge < -0.3 is 10.2 Å². The van der Waals surface area contributed by atoms with Gasteiger partial charge in [-0.15, -0.1) is 0 Å². The van der Waals surface area contributed by atoms with Crippen molar-refractivity contribution in [3.63, 3.8) is 0 Å². The predicted molar refractivity (Wildman–Crippen MR) is 107 cm³/mol. The molecule has 1 saturated carbocycles. The third kappa shape index (κ3) is 4.49. The first-order valence-electron chi connectivity index (χ1n) is 9.01. The fraction of sp³-hybridized carbons (Fsp3) is 0.400. The molecule has 0 saturated heterocycles. The summed E-state index contributed by atoms with van der Waals surface area (Å²) in [6.45, 7) is 2.03. The number of carbonyl (C=O) groups is 1. The van der Waals surface area contributed by atoms with Crippen molar-refractivity contribution < 1.29 is 4.79 Å². The van der Waals surface area contributed by atoms with Crippen LogP contribution in [-0.2, 0) is 0 Å². The lowest BCUT2D eigenvalue weighted by atomic mass is 9.93. The molecule has 1 atom stereocenters. The Balaban J connectivity index is 1.83. The van der Waals surface area contributed by atoms with Crippen LogP contribution >= 0.6 is 23.2 Å². The third-order valence-electron chi connectivity index (χ3n) is 4.91. The van der Waals surface area contributed by atoms with Crippen molar-refractivity contribution >= 4 is 34.9 Å². The van der Waals surface area contributed by atoms with Crippen molar-refractivity contribution in [2.75, 3.05) is 5.32 Å². The van der Waals surface area contributed by atoms with Gasteiger partial charge in [-0.05, 0) is 50.1 Å². The molecule has 0 bridgehead atoms. The fourth-order valence-electron chi connectivity index (χ4n) is 3.54. The molecule has 1 fully saturated rings. The Bertz CT molecular complexity index is 748. The molecular weight excluding hydrogens is 369 g/mol. The van der Waals surface area contributed by atoms with Crippen LogP contribution in [0.2, 0.25) is 10.0 Å². The molecule has 3 rings (SSSR count). The number of carbonyl (C=O) groups excluding carboxylic acids is 1. The zero-order valence-corrected chi connectivity index (χ0v) is 16.3. The highest BCUT2D eigenvalue weighted by Crippen LogP contribution is 2.31. The first kappa shape index (κ1) is 19.0. The quantitative estimate of drug-likeness (QED) is 0.662. The molecule has 1 N–H and O–H groups in total. The van der Waals surface area contributed by atoms with Crippen molar-refractivity contribution in [3.8, 4) is 0 Å². The summed E-state index contributed by atoms with van der Waals surface area (Å²) >= 11 is 12.0. The van der Waals surface area contributed by atoms with Crippen LogP contribution in [0.5, 0.6) is 0 Å². The van der Waals surface area contributed by atoms with Crippen LogP contribution < -0.4 is 5.32 Å². The van der Waals surface area contributed by atoms with Gasteiger partial charge in [-0.2, -0.15) is 0 Å². The zero-order chi connectivity index (χ0) is 18.5. The molecule has 2 aromatic rings. The number of anilines is 1. The number of nitrogens with one attached hydrogen (secondary N) is 1. The molecule has 0 aliphatic heterocycles. The molecule has 1 aromatic carbocycles. The number of urea groups is 1. The van der Waals surface area contributed by atoms with Crippen LogP contribution in [-0.4, -0.2) is 22.0 Å². The number of hydrogen-bond acceptors (Lipinski definition) is 2. The van der Waals surface area contributed by atoms with E-state index in [4.69, 9.17) is 23.2 Å². The molecule has 4 nitrogen and oxygen atoms in total. The minimum absolute atomic E-state index is 0.109. The molecule has 26 heavy (non-hydrogen) atoms. The lowest BCUT2D eigenvalue weighted by molar-refractivity contribution is 0.138. The second-order valence-electron chi connectivity index (χ2n) is 6.69. The van der Waals surface area contributed by atoms with Gasteiger partial charge in [0.25, 0.3) is 0 Å². The topological polar surface area (TPSA) is 45.2 Å². The lowest BCUT2D eigenvalue weighted by Gasteiger charge is -2.38. The lowest BCUT2D eigenvalue weighted by Crippen LogP contribution is -2.45. The van der Waals surface area contributed by atoms with Gasteiger partial charge in [-0.3, -0.25) is 4.98 Å². The van der Waals surface area contributed by atoms with Crippen molar-refractivity contribution in [2.24, 2.45) is 0 Å². The largest absolute Gasteiger partial charge is 0.322 e. The van der Waals surface area contributed by atoms with Crippen molar-refractivity contribution in [1.82, 2.24) is 9.88 Å². The van der Waals surface area contributed by atoms with Crippen LogP contribution in [0.1, 0.15) is 50.8 Å². The molecule has 1 aliphatic rings. The second-order valence-corrected chi connectivity index (χ2v) is 7.50. The summed E-state index contributed by atoms with van der Waals surface area (Å²) in [4.78, 5) is 19.5. The second kappa shape index (κ2) is 8.74. The maximum Gasteiger partial charge on any atom is 0.322 e. The molecule has 1 aromatic heterocycles. The maximum atomic E-state index is 13.1. The Morgan fingerprint density at radius 3 is 2.58 bits per heavy atom. The van der Waals surface area contributed by atoms with Gasteiger partial charge in [0.1, 0.15) is 0 Å². The first-order valence-corrected chi connectivity index (χ1v) is 9.77. The molecule has 0 spiro atoms. The molecule has 138 valence electrons. The van der Waals surface area contributed by atoms with E-state index in [1.165, 1.54) is 6.42 Å². The smallest absolute Gasteiger partial charge is 0.313 e. The number of benzene rings is 1. The van der Waals surface area contributed by atoms with Crippen LogP contribution in [0.25, 0.3) is 0 Å². The summed E-state index contributed by atoms with van der Waals surface area (Å²) in [6.07, 6.45) is 7.34. The Morgan fingerprint density at radius 1 is 1.15 bits per heavy atom. The average molecular weight is 392 g/mol. The summed E-state index contributed by atoms with van der Waals surface area (Å²) in [5.74, 6) is 0. The first-order chi connectivity index (χ1) is 12.6. The van der Waals surface area contributed by atoms with Crippen LogP contribution in [0.4, 0.5) is 10.5 Å². The minimum Gasteiger partial charge on any atom is -0.313 e. The van der Waals surface area contributed by atoms with Crippen molar-refractivity contribution in [2.45, 2.75) is 51.1 Å². The standard InChI is InChI=1S/C20H23Cl2N3O/c1-14(19-9-5-6-12-23-19)25(16-7-3-2-4-8-16)20(26)24-15-10-11-17(21)18(22)13-15/h5-6,9-14,16H,2-4,7-8H2,1H3,(H,24,26)/t14-/m1/s1. The highest BCUT2D eigenvalue weighted by atomic mass is 35.5. The molecule has 2 amide bonds. The highest BCUT2D eigenvalue weighted by molar-refractivity contribution is 6.42. The number of hydrogen-bond donors (Lipinski definition) is 1. The predicted octanol–water partition coefficient (Wildman–Crippen LogP) is 6.32. The zero-order valence-electron chi connectivity index (χ0n) is 14.8. The van der Waals surface area contributed by atoms with Crippen LogP contribution in [0, 0.1) is 0 Å². The van der Waals surface area contributed by atoms with Gasteiger partial charge in [-0.1, -0.05) is 48.5 Å². The van der Waals surface area contributed by atoms with Crippen LogP contribution in [0.15, 0.2) is 42.6 Å². The number of pyridine rings is 1. The van der Waals surface area contributed by atoms with Gasteiger partial charge in [0.05, 0.1) is 21.8 Å². The Hall–Kier alpha value is -1.78.